The molecule has 3 aliphatic rings. The molecule has 0 aromatic heterocycles. The van der Waals surface area contributed by atoms with E-state index in [0.29, 0.717) is 5.92 Å². The predicted octanol–water partition coefficient (Wildman–Crippen LogP) is 10.2. The van der Waals surface area contributed by atoms with Crippen molar-refractivity contribution in [2.75, 3.05) is 0 Å². The summed E-state index contributed by atoms with van der Waals surface area (Å²) >= 11 is 0. The fourth-order valence-corrected chi connectivity index (χ4v) is 7.88. The average molecular weight is 455 g/mol. The zero-order chi connectivity index (χ0) is 23.0. The van der Waals surface area contributed by atoms with Crippen LogP contribution in [0.4, 0.5) is 4.39 Å². The van der Waals surface area contributed by atoms with Crippen LogP contribution in [-0.2, 0) is 6.42 Å². The van der Waals surface area contributed by atoms with Gasteiger partial charge in [0, 0.05) is 0 Å². The van der Waals surface area contributed by atoms with E-state index in [1.165, 1.54) is 115 Å². The van der Waals surface area contributed by atoms with E-state index in [0.717, 1.165) is 41.6 Å². The largest absolute Gasteiger partial charge is 0.207 e. The van der Waals surface area contributed by atoms with Gasteiger partial charge in [-0.2, -0.15) is 0 Å². The van der Waals surface area contributed by atoms with Gasteiger partial charge >= 0.3 is 0 Å². The Kier molecular flexibility index (Phi) is 9.75. The summed E-state index contributed by atoms with van der Waals surface area (Å²) in [4.78, 5) is 0. The minimum atomic E-state index is 0.0701. The van der Waals surface area contributed by atoms with Crippen LogP contribution >= 0.6 is 0 Å². The highest BCUT2D eigenvalue weighted by Crippen LogP contribution is 2.43. The molecule has 0 heterocycles. The molecule has 186 valence electrons. The van der Waals surface area contributed by atoms with Crippen molar-refractivity contribution in [2.45, 2.75) is 135 Å². The minimum Gasteiger partial charge on any atom is -0.207 e. The molecule has 4 rings (SSSR count). The molecular formula is C32H51F. The lowest BCUT2D eigenvalue weighted by molar-refractivity contribution is 0.141. The third-order valence-electron chi connectivity index (χ3n) is 10.1. The van der Waals surface area contributed by atoms with Crippen LogP contribution in [0.15, 0.2) is 18.2 Å². The highest BCUT2D eigenvalue weighted by molar-refractivity contribution is 5.27. The molecule has 0 aliphatic heterocycles. The second-order valence-electron chi connectivity index (χ2n) is 12.2. The molecule has 3 fully saturated rings. The number of rotatable bonds is 9. The minimum absolute atomic E-state index is 0.0701. The lowest BCUT2D eigenvalue weighted by Gasteiger charge is -2.38. The van der Waals surface area contributed by atoms with Crippen LogP contribution in [-0.4, -0.2) is 0 Å². The van der Waals surface area contributed by atoms with Crippen molar-refractivity contribution < 1.29 is 4.39 Å². The molecule has 0 N–H and O–H groups in total. The fraction of sp³-hybridized carbons (Fsp3) is 0.812. The lowest BCUT2D eigenvalue weighted by Crippen LogP contribution is -2.26. The first kappa shape index (κ1) is 25.2. The average Bonchev–Trinajstić information content (AvgIpc) is 2.85. The molecule has 1 aromatic rings. The topological polar surface area (TPSA) is 0 Å². The van der Waals surface area contributed by atoms with Crippen molar-refractivity contribution in [3.63, 3.8) is 0 Å². The van der Waals surface area contributed by atoms with E-state index >= 15 is 0 Å². The van der Waals surface area contributed by atoms with Crippen molar-refractivity contribution in [1.82, 2.24) is 0 Å². The smallest absolute Gasteiger partial charge is 0.126 e. The van der Waals surface area contributed by atoms with E-state index in [2.05, 4.69) is 26.0 Å². The van der Waals surface area contributed by atoms with Gasteiger partial charge in [-0.3, -0.25) is 0 Å². The number of benzene rings is 1. The molecule has 0 atom stereocenters. The molecule has 3 saturated carbocycles. The van der Waals surface area contributed by atoms with Crippen molar-refractivity contribution in [1.29, 1.82) is 0 Å². The molecule has 0 nitrogen and oxygen atoms in total. The van der Waals surface area contributed by atoms with Crippen LogP contribution in [0.2, 0.25) is 0 Å². The van der Waals surface area contributed by atoms with Gasteiger partial charge in [0.15, 0.2) is 0 Å². The number of aryl methyl sites for hydroxylation is 1. The maximum Gasteiger partial charge on any atom is 0.126 e. The summed E-state index contributed by atoms with van der Waals surface area (Å²) < 4.78 is 14.9. The van der Waals surface area contributed by atoms with Crippen LogP contribution < -0.4 is 0 Å². The highest BCUT2D eigenvalue weighted by Gasteiger charge is 2.30. The molecule has 0 saturated heterocycles. The second-order valence-corrected chi connectivity index (χ2v) is 12.2. The Morgan fingerprint density at radius 1 is 0.636 bits per heavy atom. The first-order valence-corrected chi connectivity index (χ1v) is 14.9. The van der Waals surface area contributed by atoms with E-state index in [4.69, 9.17) is 0 Å². The van der Waals surface area contributed by atoms with E-state index < -0.39 is 0 Å². The summed E-state index contributed by atoms with van der Waals surface area (Å²) in [5, 5.41) is 0. The molecule has 0 amide bonds. The summed E-state index contributed by atoms with van der Waals surface area (Å²) in [6, 6.07) is 6.28. The molecule has 1 aromatic carbocycles. The predicted molar refractivity (Wildman–Crippen MR) is 140 cm³/mol. The van der Waals surface area contributed by atoms with Crippen LogP contribution in [0, 0.1) is 35.4 Å². The summed E-state index contributed by atoms with van der Waals surface area (Å²) in [7, 11) is 0. The number of hydrogen-bond donors (Lipinski definition) is 0. The van der Waals surface area contributed by atoms with E-state index in [-0.39, 0.29) is 5.82 Å². The van der Waals surface area contributed by atoms with Gasteiger partial charge < -0.3 is 0 Å². The lowest BCUT2D eigenvalue weighted by atomic mass is 9.68. The molecule has 0 unspecified atom stereocenters. The van der Waals surface area contributed by atoms with Gasteiger partial charge in [-0.15, -0.1) is 0 Å². The van der Waals surface area contributed by atoms with Crippen molar-refractivity contribution >= 4 is 0 Å². The van der Waals surface area contributed by atoms with Gasteiger partial charge in [-0.25, -0.2) is 4.39 Å². The van der Waals surface area contributed by atoms with Gasteiger partial charge in [0.2, 0.25) is 0 Å². The molecule has 0 spiro atoms. The zero-order valence-corrected chi connectivity index (χ0v) is 21.8. The summed E-state index contributed by atoms with van der Waals surface area (Å²) in [5.74, 6) is 5.44. The first-order chi connectivity index (χ1) is 16.2. The summed E-state index contributed by atoms with van der Waals surface area (Å²) in [5.41, 5.74) is 2.23. The van der Waals surface area contributed by atoms with Crippen molar-refractivity contribution in [3.8, 4) is 0 Å². The van der Waals surface area contributed by atoms with E-state index in [9.17, 15) is 4.39 Å². The van der Waals surface area contributed by atoms with Gasteiger partial charge in [-0.1, -0.05) is 77.3 Å². The standard InChI is InChI=1S/C32H51F/c1-3-5-24-7-14-27(15-8-24)28-16-11-26(12-17-28)13-20-30-21-22-31(23-32(30)33)29-18-9-25(6-4-2)10-19-29/h21-29H,3-20H2,1-2H3. The van der Waals surface area contributed by atoms with Crippen LogP contribution in [0.25, 0.3) is 0 Å². The highest BCUT2D eigenvalue weighted by atomic mass is 19.1. The molecular weight excluding hydrogens is 403 g/mol. The fourth-order valence-electron chi connectivity index (χ4n) is 7.88. The zero-order valence-electron chi connectivity index (χ0n) is 21.8. The second kappa shape index (κ2) is 12.7. The number of halogens is 1. The maximum absolute atomic E-state index is 14.9. The molecule has 0 bridgehead atoms. The maximum atomic E-state index is 14.9. The Labute approximate surface area is 204 Å². The Balaban J connectivity index is 1.18. The third kappa shape index (κ3) is 7.08. The van der Waals surface area contributed by atoms with Gasteiger partial charge in [0.1, 0.15) is 5.82 Å². The Morgan fingerprint density at radius 3 is 1.61 bits per heavy atom. The van der Waals surface area contributed by atoms with Crippen LogP contribution in [0.3, 0.4) is 0 Å². The van der Waals surface area contributed by atoms with Crippen molar-refractivity contribution in [2.24, 2.45) is 29.6 Å². The summed E-state index contributed by atoms with van der Waals surface area (Å²) in [6.45, 7) is 4.64. The third-order valence-corrected chi connectivity index (χ3v) is 10.1. The first-order valence-electron chi connectivity index (χ1n) is 14.9. The van der Waals surface area contributed by atoms with Crippen molar-refractivity contribution in [3.05, 3.63) is 35.1 Å². The Bertz CT molecular complexity index is 684. The van der Waals surface area contributed by atoms with Crippen LogP contribution in [0.5, 0.6) is 0 Å². The normalized spacial score (nSPS) is 33.2. The number of hydrogen-bond acceptors (Lipinski definition) is 0. The van der Waals surface area contributed by atoms with Gasteiger partial charge in [0.05, 0.1) is 0 Å². The molecule has 33 heavy (non-hydrogen) atoms. The van der Waals surface area contributed by atoms with Gasteiger partial charge in [-0.05, 0) is 117 Å². The summed E-state index contributed by atoms with van der Waals surface area (Å²) in [6.07, 6.45) is 24.5. The van der Waals surface area contributed by atoms with Gasteiger partial charge in [0.25, 0.3) is 0 Å². The van der Waals surface area contributed by atoms with Crippen LogP contribution in [0.1, 0.15) is 140 Å². The SMILES string of the molecule is CCCC1CCC(c2ccc(CCC3CCC(C4CCC(CCC)CC4)CC3)c(F)c2)CC1. The molecule has 3 aliphatic carbocycles. The Hall–Kier alpha value is -0.850. The monoisotopic (exact) mass is 454 g/mol. The Morgan fingerprint density at radius 2 is 1.12 bits per heavy atom. The van der Waals surface area contributed by atoms with E-state index in [1.54, 1.807) is 0 Å². The van der Waals surface area contributed by atoms with E-state index in [1.807, 2.05) is 6.07 Å². The molecule has 0 radical (unpaired) electrons. The quantitative estimate of drug-likeness (QED) is 0.348. The molecule has 1 heteroatoms.